The summed E-state index contributed by atoms with van der Waals surface area (Å²) >= 11 is 0. The lowest BCUT2D eigenvalue weighted by molar-refractivity contribution is 0.0949. The minimum atomic E-state index is -0.209. The third kappa shape index (κ3) is 6.68. The van der Waals surface area contributed by atoms with E-state index in [0.29, 0.717) is 30.0 Å². The van der Waals surface area contributed by atoms with Crippen molar-refractivity contribution in [2.24, 2.45) is 0 Å². The maximum absolute atomic E-state index is 12.7. The summed E-state index contributed by atoms with van der Waals surface area (Å²) in [6.07, 6.45) is 0. The zero-order valence-corrected chi connectivity index (χ0v) is 18.7. The molecule has 0 unspecified atom stereocenters. The number of benzene rings is 3. The average Bonchev–Trinajstić information content (AvgIpc) is 2.80. The number of ether oxygens (including phenoxy) is 1. The van der Waals surface area contributed by atoms with Crippen molar-refractivity contribution in [3.63, 3.8) is 0 Å². The molecule has 32 heavy (non-hydrogen) atoms. The van der Waals surface area contributed by atoms with E-state index in [1.54, 1.807) is 24.3 Å². The molecule has 3 aromatic rings. The molecule has 0 fully saturated rings. The van der Waals surface area contributed by atoms with Gasteiger partial charge in [0.25, 0.3) is 11.8 Å². The van der Waals surface area contributed by atoms with E-state index in [1.807, 2.05) is 69.6 Å². The number of carbonyl (C=O) groups excluding carboxylic acids is 2. The van der Waals surface area contributed by atoms with Crippen molar-refractivity contribution in [1.82, 2.24) is 10.2 Å². The Hall–Kier alpha value is -3.64. The highest BCUT2D eigenvalue weighted by Gasteiger charge is 2.11. The van der Waals surface area contributed by atoms with Gasteiger partial charge in [-0.2, -0.15) is 0 Å². The van der Waals surface area contributed by atoms with Crippen LogP contribution in [0.4, 0.5) is 5.69 Å². The lowest BCUT2D eigenvalue weighted by atomic mass is 10.1. The van der Waals surface area contributed by atoms with Gasteiger partial charge in [0.15, 0.2) is 0 Å². The van der Waals surface area contributed by atoms with Crippen molar-refractivity contribution in [2.45, 2.75) is 13.5 Å². The number of hydrogen-bond acceptors (Lipinski definition) is 4. The van der Waals surface area contributed by atoms with Crippen LogP contribution >= 0.6 is 0 Å². The number of carbonyl (C=O) groups is 2. The van der Waals surface area contributed by atoms with E-state index in [1.165, 1.54) is 0 Å². The van der Waals surface area contributed by atoms with Gasteiger partial charge in [0.05, 0.1) is 0 Å². The van der Waals surface area contributed by atoms with Gasteiger partial charge in [-0.25, -0.2) is 0 Å². The van der Waals surface area contributed by atoms with Crippen LogP contribution in [0.1, 0.15) is 31.8 Å². The van der Waals surface area contributed by atoms with E-state index < -0.39 is 0 Å². The molecule has 0 spiro atoms. The fourth-order valence-corrected chi connectivity index (χ4v) is 3.02. The highest BCUT2D eigenvalue weighted by atomic mass is 16.5. The van der Waals surface area contributed by atoms with Crippen LogP contribution in [0, 0.1) is 6.92 Å². The second-order valence-corrected chi connectivity index (χ2v) is 7.83. The van der Waals surface area contributed by atoms with Crippen molar-refractivity contribution in [3.05, 3.63) is 95.1 Å². The van der Waals surface area contributed by atoms with Crippen molar-refractivity contribution < 1.29 is 14.3 Å². The second kappa shape index (κ2) is 11.1. The van der Waals surface area contributed by atoms with Gasteiger partial charge in [0.1, 0.15) is 12.4 Å². The molecule has 0 bridgehead atoms. The lowest BCUT2D eigenvalue weighted by Gasteiger charge is -2.12. The molecule has 2 N–H and O–H groups in total. The molecular weight excluding hydrogens is 402 g/mol. The van der Waals surface area contributed by atoms with Crippen LogP contribution in [0.2, 0.25) is 0 Å². The van der Waals surface area contributed by atoms with Gasteiger partial charge in [-0.05, 0) is 68.5 Å². The number of aryl methyl sites for hydroxylation is 1. The van der Waals surface area contributed by atoms with Gasteiger partial charge in [-0.3, -0.25) is 9.59 Å². The normalized spacial score (nSPS) is 10.6. The Kier molecular flexibility index (Phi) is 8.00. The minimum Gasteiger partial charge on any atom is -0.492 e. The summed E-state index contributed by atoms with van der Waals surface area (Å²) in [7, 11) is 4.01. The predicted molar refractivity (Wildman–Crippen MR) is 127 cm³/mol. The predicted octanol–water partition coefficient (Wildman–Crippen LogP) is 4.12. The van der Waals surface area contributed by atoms with Crippen molar-refractivity contribution >= 4 is 17.5 Å². The molecule has 6 nitrogen and oxygen atoms in total. The quantitative estimate of drug-likeness (QED) is 0.535. The van der Waals surface area contributed by atoms with Crippen LogP contribution in [0.5, 0.6) is 5.75 Å². The van der Waals surface area contributed by atoms with Gasteiger partial charge in [0.2, 0.25) is 0 Å². The largest absolute Gasteiger partial charge is 0.492 e. The van der Waals surface area contributed by atoms with Crippen LogP contribution in [-0.4, -0.2) is 44.0 Å². The molecule has 2 amide bonds. The number of amides is 2. The van der Waals surface area contributed by atoms with E-state index in [-0.39, 0.29) is 11.8 Å². The molecule has 0 aliphatic rings. The average molecular weight is 432 g/mol. The van der Waals surface area contributed by atoms with E-state index in [4.69, 9.17) is 4.74 Å². The molecule has 0 atom stereocenters. The van der Waals surface area contributed by atoms with Crippen LogP contribution in [0.15, 0.2) is 72.8 Å². The van der Waals surface area contributed by atoms with Crippen LogP contribution in [0.25, 0.3) is 0 Å². The molecule has 6 heteroatoms. The van der Waals surface area contributed by atoms with Crippen molar-refractivity contribution in [2.75, 3.05) is 32.6 Å². The Morgan fingerprint density at radius 3 is 2.28 bits per heavy atom. The third-order valence-corrected chi connectivity index (χ3v) is 4.97. The highest BCUT2D eigenvalue weighted by Crippen LogP contribution is 2.18. The third-order valence-electron chi connectivity index (χ3n) is 4.97. The zero-order valence-electron chi connectivity index (χ0n) is 18.7. The maximum Gasteiger partial charge on any atom is 0.255 e. The Labute approximate surface area is 189 Å². The first-order chi connectivity index (χ1) is 15.4. The molecule has 166 valence electrons. The highest BCUT2D eigenvalue weighted by molar-refractivity contribution is 6.05. The fraction of sp³-hybridized carbons (Fsp3) is 0.231. The monoisotopic (exact) mass is 431 g/mol. The molecule has 0 aromatic heterocycles. The van der Waals surface area contributed by atoms with Gasteiger partial charge < -0.3 is 20.3 Å². The minimum absolute atomic E-state index is 0.202. The van der Waals surface area contributed by atoms with E-state index in [0.717, 1.165) is 23.4 Å². The molecule has 3 rings (SSSR count). The molecule has 3 aromatic carbocycles. The molecule has 0 saturated heterocycles. The first kappa shape index (κ1) is 23.0. The molecule has 0 aliphatic carbocycles. The summed E-state index contributed by atoms with van der Waals surface area (Å²) < 4.78 is 5.69. The first-order valence-electron chi connectivity index (χ1n) is 10.5. The first-order valence-corrected chi connectivity index (χ1v) is 10.5. The standard InChI is InChI=1S/C26H29N3O3/c1-19-9-12-22(17-24(19)28-26(31)21-7-5-4-6-8-21)25(30)27-18-20-10-13-23(14-11-20)32-16-15-29(2)3/h4-14,17H,15-16,18H2,1-3H3,(H,27,30)(H,28,31). The number of nitrogens with one attached hydrogen (secondary N) is 2. The zero-order chi connectivity index (χ0) is 22.9. The summed E-state index contributed by atoms with van der Waals surface area (Å²) in [5.74, 6) is 0.393. The number of likely N-dealkylation sites (N-methyl/N-ethyl adjacent to an activating group) is 1. The summed E-state index contributed by atoms with van der Waals surface area (Å²) in [4.78, 5) is 27.2. The number of anilines is 1. The van der Waals surface area contributed by atoms with Gasteiger partial charge in [-0.15, -0.1) is 0 Å². The number of hydrogen-bond donors (Lipinski definition) is 2. The van der Waals surface area contributed by atoms with E-state index in [2.05, 4.69) is 15.5 Å². The Morgan fingerprint density at radius 2 is 1.59 bits per heavy atom. The second-order valence-electron chi connectivity index (χ2n) is 7.83. The number of nitrogens with zero attached hydrogens (tertiary/aromatic N) is 1. The summed E-state index contributed by atoms with van der Waals surface area (Å²) in [5, 5.41) is 5.81. The van der Waals surface area contributed by atoms with E-state index >= 15 is 0 Å². The van der Waals surface area contributed by atoms with Crippen molar-refractivity contribution in [3.8, 4) is 5.75 Å². The Bertz CT molecular complexity index is 1050. The van der Waals surface area contributed by atoms with Gasteiger partial charge in [-0.1, -0.05) is 36.4 Å². The van der Waals surface area contributed by atoms with Gasteiger partial charge in [0, 0.05) is 29.9 Å². The number of rotatable bonds is 9. The summed E-state index contributed by atoms with van der Waals surface area (Å²) in [6.45, 7) is 3.77. The van der Waals surface area contributed by atoms with Gasteiger partial charge >= 0.3 is 0 Å². The van der Waals surface area contributed by atoms with Crippen LogP contribution < -0.4 is 15.4 Å². The Balaban J connectivity index is 1.57. The van der Waals surface area contributed by atoms with Crippen LogP contribution in [0.3, 0.4) is 0 Å². The smallest absolute Gasteiger partial charge is 0.255 e. The van der Waals surface area contributed by atoms with Crippen molar-refractivity contribution in [1.29, 1.82) is 0 Å². The van der Waals surface area contributed by atoms with Crippen LogP contribution in [-0.2, 0) is 6.54 Å². The molecule has 0 heterocycles. The molecule has 0 saturated carbocycles. The topological polar surface area (TPSA) is 70.7 Å². The van der Waals surface area contributed by atoms with E-state index in [9.17, 15) is 9.59 Å². The Morgan fingerprint density at radius 1 is 0.875 bits per heavy atom. The lowest BCUT2D eigenvalue weighted by Crippen LogP contribution is -2.23. The molecular formula is C26H29N3O3. The molecule has 0 radical (unpaired) electrons. The fourth-order valence-electron chi connectivity index (χ4n) is 3.02. The maximum atomic E-state index is 12.7. The molecule has 0 aliphatic heterocycles. The summed E-state index contributed by atoms with van der Waals surface area (Å²) in [6, 6.07) is 22.0. The summed E-state index contributed by atoms with van der Waals surface area (Å²) in [5.41, 5.74) is 3.53. The SMILES string of the molecule is Cc1ccc(C(=O)NCc2ccc(OCCN(C)C)cc2)cc1NC(=O)c1ccccc1.